The number of carboxylic acids is 1. The van der Waals surface area contributed by atoms with Gasteiger partial charge in [0.1, 0.15) is 5.75 Å². The minimum atomic E-state index is -1.16. The first kappa shape index (κ1) is 25.0. The summed E-state index contributed by atoms with van der Waals surface area (Å²) in [5, 5.41) is 9.39. The molecular formula is C22H36O5. The van der Waals surface area contributed by atoms with Gasteiger partial charge in [-0.3, -0.25) is 4.79 Å². The molecule has 5 heteroatoms. The van der Waals surface area contributed by atoms with E-state index in [9.17, 15) is 14.7 Å². The molecule has 1 aromatic rings. The molecular weight excluding hydrogens is 344 g/mol. The van der Waals surface area contributed by atoms with Crippen molar-refractivity contribution in [2.45, 2.75) is 72.3 Å². The van der Waals surface area contributed by atoms with E-state index in [0.29, 0.717) is 30.4 Å². The predicted molar refractivity (Wildman–Crippen MR) is 108 cm³/mol. The summed E-state index contributed by atoms with van der Waals surface area (Å²) in [7, 11) is 1.42. The maximum atomic E-state index is 11.4. The Hall–Kier alpha value is -2.04. The molecule has 0 heterocycles. The lowest BCUT2D eigenvalue weighted by Crippen LogP contribution is -2.43. The number of carbonyl (C=O) groups excluding carboxylic acids is 1. The standard InChI is InChI=1S/C15H22O3.C7H14O2/c1-4-8-12(2)11-15(3,14(16)17)18-13-9-6-5-7-10-13;1-6(2)4-5-7(8)9-3/h5-7,9-10,12H,4,8,11H2,1-3H3,(H,16,17);6H,4-5H2,1-3H3. The number of ether oxygens (including phenoxy) is 2. The number of esters is 1. The molecule has 0 fully saturated rings. The second-order valence-electron chi connectivity index (χ2n) is 7.56. The summed E-state index contributed by atoms with van der Waals surface area (Å²) in [6, 6.07) is 9.13. The summed E-state index contributed by atoms with van der Waals surface area (Å²) in [6.07, 6.45) is 4.06. The zero-order valence-electron chi connectivity index (χ0n) is 17.7. The Morgan fingerprint density at radius 2 is 1.70 bits per heavy atom. The van der Waals surface area contributed by atoms with Crippen molar-refractivity contribution in [1.82, 2.24) is 0 Å². The molecule has 5 nitrogen and oxygen atoms in total. The number of carboxylic acid groups (broad SMARTS) is 1. The lowest BCUT2D eigenvalue weighted by Gasteiger charge is -2.29. The quantitative estimate of drug-likeness (QED) is 0.555. The zero-order valence-corrected chi connectivity index (χ0v) is 17.7. The molecule has 1 N–H and O–H groups in total. The molecule has 0 aliphatic carbocycles. The molecule has 0 aliphatic rings. The average molecular weight is 381 g/mol. The molecule has 27 heavy (non-hydrogen) atoms. The van der Waals surface area contributed by atoms with E-state index in [1.165, 1.54) is 7.11 Å². The number of carbonyl (C=O) groups is 2. The van der Waals surface area contributed by atoms with Crippen molar-refractivity contribution in [1.29, 1.82) is 0 Å². The van der Waals surface area contributed by atoms with Gasteiger partial charge in [0.25, 0.3) is 0 Å². The first-order chi connectivity index (χ1) is 12.6. The maximum Gasteiger partial charge on any atom is 0.347 e. The van der Waals surface area contributed by atoms with Crippen molar-refractivity contribution < 1.29 is 24.2 Å². The molecule has 2 atom stereocenters. The van der Waals surface area contributed by atoms with Crippen molar-refractivity contribution in [3.8, 4) is 5.75 Å². The van der Waals surface area contributed by atoms with E-state index in [1.807, 2.05) is 18.2 Å². The topological polar surface area (TPSA) is 72.8 Å². The molecule has 0 spiro atoms. The first-order valence-corrected chi connectivity index (χ1v) is 9.68. The number of hydrogen-bond donors (Lipinski definition) is 1. The summed E-state index contributed by atoms with van der Waals surface area (Å²) < 4.78 is 10.1. The fourth-order valence-corrected chi connectivity index (χ4v) is 2.69. The van der Waals surface area contributed by atoms with Crippen molar-refractivity contribution in [3.63, 3.8) is 0 Å². The van der Waals surface area contributed by atoms with E-state index in [1.54, 1.807) is 19.1 Å². The van der Waals surface area contributed by atoms with Gasteiger partial charge >= 0.3 is 11.9 Å². The van der Waals surface area contributed by atoms with Crippen LogP contribution in [0.15, 0.2) is 30.3 Å². The van der Waals surface area contributed by atoms with Gasteiger partial charge in [-0.2, -0.15) is 0 Å². The van der Waals surface area contributed by atoms with Gasteiger partial charge in [0.15, 0.2) is 0 Å². The maximum absolute atomic E-state index is 11.4. The van der Waals surface area contributed by atoms with Gasteiger partial charge in [-0.15, -0.1) is 0 Å². The molecule has 0 saturated carbocycles. The summed E-state index contributed by atoms with van der Waals surface area (Å²) in [5.41, 5.74) is -1.16. The molecule has 2 unspecified atom stereocenters. The molecule has 154 valence electrons. The van der Waals surface area contributed by atoms with E-state index in [2.05, 4.69) is 32.4 Å². The smallest absolute Gasteiger partial charge is 0.347 e. The van der Waals surface area contributed by atoms with Gasteiger partial charge in [0, 0.05) is 12.8 Å². The third-order valence-electron chi connectivity index (χ3n) is 4.21. The van der Waals surface area contributed by atoms with Gasteiger partial charge < -0.3 is 14.6 Å². The summed E-state index contributed by atoms with van der Waals surface area (Å²) in [5.74, 6) is 0.507. The molecule has 1 rings (SSSR count). The summed E-state index contributed by atoms with van der Waals surface area (Å²) in [4.78, 5) is 21.9. The monoisotopic (exact) mass is 380 g/mol. The minimum Gasteiger partial charge on any atom is -0.478 e. The van der Waals surface area contributed by atoms with Crippen LogP contribution >= 0.6 is 0 Å². The highest BCUT2D eigenvalue weighted by molar-refractivity contribution is 5.77. The fraction of sp³-hybridized carbons (Fsp3) is 0.636. The number of aliphatic carboxylic acids is 1. The van der Waals surface area contributed by atoms with Gasteiger partial charge in [0.2, 0.25) is 5.60 Å². The van der Waals surface area contributed by atoms with Crippen LogP contribution in [-0.4, -0.2) is 29.8 Å². The van der Waals surface area contributed by atoms with Crippen LogP contribution < -0.4 is 4.74 Å². The second kappa shape index (κ2) is 13.2. The Labute approximate surface area is 164 Å². The zero-order chi connectivity index (χ0) is 20.9. The van der Waals surface area contributed by atoms with Crippen LogP contribution in [0.4, 0.5) is 0 Å². The minimum absolute atomic E-state index is 0.108. The highest BCUT2D eigenvalue weighted by Crippen LogP contribution is 2.26. The third kappa shape index (κ3) is 11.3. The van der Waals surface area contributed by atoms with Crippen LogP contribution in [0, 0.1) is 11.8 Å². The van der Waals surface area contributed by atoms with E-state index < -0.39 is 11.6 Å². The van der Waals surface area contributed by atoms with Crippen molar-refractivity contribution in [2.24, 2.45) is 11.8 Å². The molecule has 0 aliphatic heterocycles. The Kier molecular flexibility index (Phi) is 12.2. The van der Waals surface area contributed by atoms with Crippen LogP contribution in [-0.2, 0) is 14.3 Å². The number of hydrogen-bond acceptors (Lipinski definition) is 4. The molecule has 0 bridgehead atoms. The summed E-state index contributed by atoms with van der Waals surface area (Å²) >= 11 is 0. The first-order valence-electron chi connectivity index (χ1n) is 9.68. The molecule has 0 aromatic heterocycles. The largest absolute Gasteiger partial charge is 0.478 e. The van der Waals surface area contributed by atoms with Gasteiger partial charge in [-0.25, -0.2) is 4.79 Å². The fourth-order valence-electron chi connectivity index (χ4n) is 2.69. The van der Waals surface area contributed by atoms with Crippen LogP contribution in [0.2, 0.25) is 0 Å². The van der Waals surface area contributed by atoms with E-state index >= 15 is 0 Å². The molecule has 0 amide bonds. The van der Waals surface area contributed by atoms with Crippen molar-refractivity contribution in [3.05, 3.63) is 30.3 Å². The molecule has 0 radical (unpaired) electrons. The van der Waals surface area contributed by atoms with Crippen LogP contribution in [0.25, 0.3) is 0 Å². The Morgan fingerprint density at radius 3 is 2.15 bits per heavy atom. The number of rotatable bonds is 10. The van der Waals surface area contributed by atoms with E-state index in [-0.39, 0.29) is 5.97 Å². The number of benzene rings is 1. The van der Waals surface area contributed by atoms with Gasteiger partial charge in [-0.1, -0.05) is 58.7 Å². The van der Waals surface area contributed by atoms with Crippen LogP contribution in [0.5, 0.6) is 5.75 Å². The van der Waals surface area contributed by atoms with Crippen LogP contribution in [0.1, 0.15) is 66.7 Å². The van der Waals surface area contributed by atoms with Gasteiger partial charge in [0.05, 0.1) is 7.11 Å². The highest BCUT2D eigenvalue weighted by Gasteiger charge is 2.37. The van der Waals surface area contributed by atoms with Gasteiger partial charge in [-0.05, 0) is 37.3 Å². The average Bonchev–Trinajstić information content (AvgIpc) is 2.60. The molecule has 1 aromatic carbocycles. The second-order valence-corrected chi connectivity index (χ2v) is 7.56. The highest BCUT2D eigenvalue weighted by atomic mass is 16.5. The lowest BCUT2D eigenvalue weighted by molar-refractivity contribution is -0.155. The Morgan fingerprint density at radius 1 is 1.11 bits per heavy atom. The summed E-state index contributed by atoms with van der Waals surface area (Å²) in [6.45, 7) is 9.99. The van der Waals surface area contributed by atoms with E-state index in [4.69, 9.17) is 4.74 Å². The number of methoxy groups -OCH3 is 1. The Bertz CT molecular complexity index is 541. The molecule has 0 saturated heterocycles. The van der Waals surface area contributed by atoms with Crippen molar-refractivity contribution in [2.75, 3.05) is 7.11 Å². The lowest BCUT2D eigenvalue weighted by atomic mass is 9.90. The predicted octanol–water partition coefficient (Wildman–Crippen LogP) is 5.33. The van der Waals surface area contributed by atoms with Crippen molar-refractivity contribution >= 4 is 11.9 Å². The Balaban J connectivity index is 0.000000636. The van der Waals surface area contributed by atoms with E-state index in [0.717, 1.165) is 19.3 Å². The number of para-hydroxylation sites is 1. The van der Waals surface area contributed by atoms with Crippen LogP contribution in [0.3, 0.4) is 0 Å². The normalized spacial score (nSPS) is 13.7. The third-order valence-corrected chi connectivity index (χ3v) is 4.21. The SMILES string of the molecule is CCCC(C)CC(C)(Oc1ccccc1)C(=O)O.COC(=O)CCC(C)C.